The van der Waals surface area contributed by atoms with Crippen molar-refractivity contribution in [2.24, 2.45) is 0 Å². The SMILES string of the molecule is Cc1cc(-c2ccc(C)c(O)c2-c2ccc(O)c(C)c2)ccc1O. The maximum atomic E-state index is 10.7. The van der Waals surface area contributed by atoms with Crippen LogP contribution in [0.3, 0.4) is 0 Å². The van der Waals surface area contributed by atoms with Gasteiger partial charge in [-0.2, -0.15) is 0 Å². The minimum absolute atomic E-state index is 0.225. The van der Waals surface area contributed by atoms with E-state index in [0.717, 1.165) is 38.9 Å². The standard InChI is InChI=1S/C21H20O3/c1-12-4-7-17(15-5-8-18(22)13(2)10-15)20(21(12)24)16-6-9-19(23)14(3)11-16/h4-11,22-24H,1-3H3. The molecule has 122 valence electrons. The second-order valence-electron chi connectivity index (χ2n) is 6.16. The van der Waals surface area contributed by atoms with Crippen molar-refractivity contribution in [3.63, 3.8) is 0 Å². The fraction of sp³-hybridized carbons (Fsp3) is 0.143. The summed E-state index contributed by atoms with van der Waals surface area (Å²) in [5.41, 5.74) is 5.68. The minimum Gasteiger partial charge on any atom is -0.508 e. The summed E-state index contributed by atoms with van der Waals surface area (Å²) in [4.78, 5) is 0. The molecule has 0 aliphatic carbocycles. The zero-order valence-corrected chi connectivity index (χ0v) is 14.0. The van der Waals surface area contributed by atoms with Gasteiger partial charge in [-0.05, 0) is 78.4 Å². The van der Waals surface area contributed by atoms with E-state index < -0.39 is 0 Å². The maximum absolute atomic E-state index is 10.7. The van der Waals surface area contributed by atoms with Crippen LogP contribution in [-0.4, -0.2) is 15.3 Å². The Bertz CT molecular complexity index is 927. The Morgan fingerprint density at radius 2 is 1.12 bits per heavy atom. The first-order valence-electron chi connectivity index (χ1n) is 7.81. The third kappa shape index (κ3) is 2.69. The van der Waals surface area contributed by atoms with E-state index in [2.05, 4.69) is 0 Å². The van der Waals surface area contributed by atoms with Crippen molar-refractivity contribution < 1.29 is 15.3 Å². The summed E-state index contributed by atoms with van der Waals surface area (Å²) < 4.78 is 0. The fourth-order valence-corrected chi connectivity index (χ4v) is 2.86. The summed E-state index contributed by atoms with van der Waals surface area (Å²) in [6, 6.07) is 14.5. The molecule has 3 aromatic carbocycles. The monoisotopic (exact) mass is 320 g/mol. The molecule has 0 aliphatic rings. The number of hydrogen-bond acceptors (Lipinski definition) is 3. The largest absolute Gasteiger partial charge is 0.508 e. The van der Waals surface area contributed by atoms with Gasteiger partial charge in [0.1, 0.15) is 17.2 Å². The van der Waals surface area contributed by atoms with E-state index in [1.807, 2.05) is 51.1 Å². The molecule has 0 aromatic heterocycles. The van der Waals surface area contributed by atoms with Crippen LogP contribution >= 0.6 is 0 Å². The molecule has 0 spiro atoms. The molecule has 0 bridgehead atoms. The maximum Gasteiger partial charge on any atom is 0.126 e. The highest BCUT2D eigenvalue weighted by molar-refractivity contribution is 5.89. The van der Waals surface area contributed by atoms with Crippen LogP contribution in [0, 0.1) is 20.8 Å². The predicted molar refractivity (Wildman–Crippen MR) is 96.5 cm³/mol. The molecular formula is C21H20O3. The molecule has 0 radical (unpaired) electrons. The lowest BCUT2D eigenvalue weighted by Crippen LogP contribution is -1.90. The molecule has 0 unspecified atom stereocenters. The van der Waals surface area contributed by atoms with Crippen LogP contribution in [0.4, 0.5) is 0 Å². The summed E-state index contributed by atoms with van der Waals surface area (Å²) >= 11 is 0. The van der Waals surface area contributed by atoms with Crippen LogP contribution in [0.1, 0.15) is 16.7 Å². The van der Waals surface area contributed by atoms with Crippen molar-refractivity contribution in [2.75, 3.05) is 0 Å². The van der Waals surface area contributed by atoms with E-state index in [0.29, 0.717) is 0 Å². The topological polar surface area (TPSA) is 60.7 Å². The number of phenolic OH excluding ortho intramolecular Hbond substituents is 3. The van der Waals surface area contributed by atoms with Gasteiger partial charge in [0.15, 0.2) is 0 Å². The summed E-state index contributed by atoms with van der Waals surface area (Å²) in [5, 5.41) is 30.2. The Labute approximate surface area is 141 Å². The summed E-state index contributed by atoms with van der Waals surface area (Å²) in [6.07, 6.45) is 0. The highest BCUT2D eigenvalue weighted by Gasteiger charge is 2.15. The Balaban J connectivity index is 2.29. The van der Waals surface area contributed by atoms with Crippen LogP contribution in [0.2, 0.25) is 0 Å². The third-order valence-electron chi connectivity index (χ3n) is 4.37. The third-order valence-corrected chi connectivity index (χ3v) is 4.37. The van der Waals surface area contributed by atoms with Gasteiger partial charge in [0, 0.05) is 5.56 Å². The molecule has 0 saturated carbocycles. The molecule has 0 saturated heterocycles. The van der Waals surface area contributed by atoms with E-state index in [9.17, 15) is 15.3 Å². The van der Waals surface area contributed by atoms with Crippen LogP contribution in [0.5, 0.6) is 17.2 Å². The molecule has 24 heavy (non-hydrogen) atoms. The van der Waals surface area contributed by atoms with Crippen LogP contribution in [0.25, 0.3) is 22.3 Å². The molecule has 0 heterocycles. The molecule has 3 aromatic rings. The zero-order chi connectivity index (χ0) is 17.4. The van der Waals surface area contributed by atoms with Gasteiger partial charge in [-0.3, -0.25) is 0 Å². The number of aryl methyl sites for hydroxylation is 3. The average Bonchev–Trinajstić information content (AvgIpc) is 2.55. The lowest BCUT2D eigenvalue weighted by atomic mass is 9.90. The zero-order valence-electron chi connectivity index (χ0n) is 14.0. The molecular weight excluding hydrogens is 300 g/mol. The molecule has 0 fully saturated rings. The number of phenols is 3. The number of benzene rings is 3. The Morgan fingerprint density at radius 1 is 0.583 bits per heavy atom. The van der Waals surface area contributed by atoms with E-state index >= 15 is 0 Å². The second-order valence-corrected chi connectivity index (χ2v) is 6.16. The van der Waals surface area contributed by atoms with Gasteiger partial charge in [0.05, 0.1) is 0 Å². The van der Waals surface area contributed by atoms with Crippen LogP contribution < -0.4 is 0 Å². The van der Waals surface area contributed by atoms with Crippen molar-refractivity contribution >= 4 is 0 Å². The number of aromatic hydroxyl groups is 3. The van der Waals surface area contributed by atoms with Crippen LogP contribution in [0.15, 0.2) is 48.5 Å². The van der Waals surface area contributed by atoms with Crippen molar-refractivity contribution in [1.29, 1.82) is 0 Å². The summed E-state index contributed by atoms with van der Waals surface area (Å²) in [5.74, 6) is 0.702. The number of rotatable bonds is 2. The molecule has 0 aliphatic heterocycles. The van der Waals surface area contributed by atoms with Gasteiger partial charge in [-0.25, -0.2) is 0 Å². The summed E-state index contributed by atoms with van der Waals surface area (Å²) in [6.45, 7) is 5.53. The van der Waals surface area contributed by atoms with Gasteiger partial charge in [-0.15, -0.1) is 0 Å². The summed E-state index contributed by atoms with van der Waals surface area (Å²) in [7, 11) is 0. The molecule has 3 nitrogen and oxygen atoms in total. The van der Waals surface area contributed by atoms with Gasteiger partial charge in [0.2, 0.25) is 0 Å². The van der Waals surface area contributed by atoms with Crippen molar-refractivity contribution in [3.05, 3.63) is 65.2 Å². The normalized spacial score (nSPS) is 10.8. The first-order valence-corrected chi connectivity index (χ1v) is 7.81. The van der Waals surface area contributed by atoms with E-state index in [1.54, 1.807) is 18.2 Å². The first-order chi connectivity index (χ1) is 11.4. The van der Waals surface area contributed by atoms with Gasteiger partial charge in [0.25, 0.3) is 0 Å². The first kappa shape index (κ1) is 15.9. The Hall–Kier alpha value is -2.94. The van der Waals surface area contributed by atoms with E-state index in [1.165, 1.54) is 0 Å². The van der Waals surface area contributed by atoms with E-state index in [-0.39, 0.29) is 17.2 Å². The minimum atomic E-state index is 0.225. The van der Waals surface area contributed by atoms with Gasteiger partial charge >= 0.3 is 0 Å². The smallest absolute Gasteiger partial charge is 0.126 e. The van der Waals surface area contributed by atoms with Crippen LogP contribution in [-0.2, 0) is 0 Å². The van der Waals surface area contributed by atoms with Crippen molar-refractivity contribution in [2.45, 2.75) is 20.8 Å². The molecule has 3 heteroatoms. The second kappa shape index (κ2) is 5.93. The van der Waals surface area contributed by atoms with Gasteiger partial charge < -0.3 is 15.3 Å². The highest BCUT2D eigenvalue weighted by atomic mass is 16.3. The molecule has 0 atom stereocenters. The van der Waals surface area contributed by atoms with Crippen molar-refractivity contribution in [1.82, 2.24) is 0 Å². The Kier molecular flexibility index (Phi) is 3.94. The average molecular weight is 320 g/mol. The van der Waals surface area contributed by atoms with Gasteiger partial charge in [-0.1, -0.05) is 24.3 Å². The Morgan fingerprint density at radius 3 is 1.71 bits per heavy atom. The molecule has 3 rings (SSSR count). The lowest BCUT2D eigenvalue weighted by Gasteiger charge is -2.16. The highest BCUT2D eigenvalue weighted by Crippen LogP contribution is 2.42. The van der Waals surface area contributed by atoms with Crippen molar-refractivity contribution in [3.8, 4) is 39.5 Å². The predicted octanol–water partition coefficient (Wildman–Crippen LogP) is 5.06. The molecule has 0 amide bonds. The molecule has 3 N–H and O–H groups in total. The fourth-order valence-electron chi connectivity index (χ4n) is 2.86. The quantitative estimate of drug-likeness (QED) is 0.618. The van der Waals surface area contributed by atoms with E-state index in [4.69, 9.17) is 0 Å². The number of hydrogen-bond donors (Lipinski definition) is 3. The lowest BCUT2D eigenvalue weighted by molar-refractivity contribution is 0.470.